The molecule has 0 aliphatic heterocycles. The molecule has 1 heteroatoms. The van der Waals surface area contributed by atoms with Crippen molar-refractivity contribution in [2.45, 2.75) is 45.6 Å². The Hall–Kier alpha value is -0.0400. The predicted octanol–water partition coefficient (Wildman–Crippen LogP) is 2.16. The first-order valence-corrected chi connectivity index (χ1v) is 4.55. The minimum absolute atomic E-state index is 0.509. The van der Waals surface area contributed by atoms with Crippen LogP contribution in [0.3, 0.4) is 0 Å². The molecular weight excluding hydrogens is 122 g/mol. The van der Waals surface area contributed by atoms with Gasteiger partial charge in [-0.3, -0.25) is 0 Å². The first kappa shape index (κ1) is 8.06. The monoisotopic (exact) mass is 141 g/mol. The highest BCUT2D eigenvalue weighted by Gasteiger charge is 2.30. The van der Waals surface area contributed by atoms with Crippen LogP contribution in [0.2, 0.25) is 0 Å². The molecule has 0 aromatic carbocycles. The fraction of sp³-hybridized carbons (Fsp3) is 1.00. The maximum Gasteiger partial charge on any atom is 0.00954 e. The Kier molecular flexibility index (Phi) is 2.72. The van der Waals surface area contributed by atoms with Crippen LogP contribution in [0.25, 0.3) is 0 Å². The van der Waals surface area contributed by atoms with E-state index in [4.69, 9.17) is 5.73 Å². The Morgan fingerprint density at radius 3 is 1.70 bits per heavy atom. The van der Waals surface area contributed by atoms with E-state index in [0.717, 1.165) is 11.8 Å². The van der Waals surface area contributed by atoms with Gasteiger partial charge in [-0.25, -0.2) is 0 Å². The quantitative estimate of drug-likeness (QED) is 0.626. The number of hydrogen-bond acceptors (Lipinski definition) is 1. The predicted molar refractivity (Wildman–Crippen MR) is 44.8 cm³/mol. The molecule has 0 heterocycles. The van der Waals surface area contributed by atoms with E-state index in [-0.39, 0.29) is 0 Å². The maximum atomic E-state index is 6.04. The molecule has 2 atom stereocenters. The third-order valence-corrected chi connectivity index (χ3v) is 3.05. The molecule has 1 rings (SSSR count). The summed E-state index contributed by atoms with van der Waals surface area (Å²) in [6.45, 7) is 4.51. The Balaban J connectivity index is 2.41. The highest BCUT2D eigenvalue weighted by atomic mass is 14.7. The molecule has 2 N–H and O–H groups in total. The Labute approximate surface area is 64.0 Å². The molecule has 0 radical (unpaired) electrons. The summed E-state index contributed by atoms with van der Waals surface area (Å²) < 4.78 is 0. The molecule has 0 aromatic rings. The van der Waals surface area contributed by atoms with Crippen LogP contribution in [-0.4, -0.2) is 6.04 Å². The van der Waals surface area contributed by atoms with Crippen LogP contribution < -0.4 is 5.73 Å². The van der Waals surface area contributed by atoms with E-state index < -0.39 is 0 Å². The first-order valence-electron chi connectivity index (χ1n) is 4.55. The largest absolute Gasteiger partial charge is 0.327 e. The van der Waals surface area contributed by atoms with E-state index >= 15 is 0 Å². The number of hydrogen-bond donors (Lipinski definition) is 1. The van der Waals surface area contributed by atoms with Crippen LogP contribution in [0.15, 0.2) is 0 Å². The second-order valence-corrected chi connectivity index (χ2v) is 3.49. The first-order chi connectivity index (χ1) is 4.79. The van der Waals surface area contributed by atoms with Crippen molar-refractivity contribution in [2.75, 3.05) is 0 Å². The zero-order valence-electron chi connectivity index (χ0n) is 7.14. The van der Waals surface area contributed by atoms with Gasteiger partial charge in [0.15, 0.2) is 0 Å². The average Bonchev–Trinajstić information content (AvgIpc) is 2.30. The average molecular weight is 141 g/mol. The maximum absolute atomic E-state index is 6.04. The number of nitrogens with two attached hydrogens (primary N) is 1. The molecule has 0 spiro atoms. The van der Waals surface area contributed by atoms with Crippen LogP contribution in [0.1, 0.15) is 39.5 Å². The van der Waals surface area contributed by atoms with E-state index in [1.807, 2.05) is 0 Å². The zero-order chi connectivity index (χ0) is 7.56. The molecule has 1 aliphatic rings. The molecule has 2 unspecified atom stereocenters. The van der Waals surface area contributed by atoms with Crippen LogP contribution in [0.4, 0.5) is 0 Å². The molecule has 0 amide bonds. The van der Waals surface area contributed by atoms with Crippen LogP contribution >= 0.6 is 0 Å². The van der Waals surface area contributed by atoms with Crippen LogP contribution in [0.5, 0.6) is 0 Å². The fourth-order valence-corrected chi connectivity index (χ4v) is 2.15. The molecule has 1 aliphatic carbocycles. The minimum Gasteiger partial charge on any atom is -0.327 e. The third-order valence-electron chi connectivity index (χ3n) is 3.05. The van der Waals surface area contributed by atoms with Crippen molar-refractivity contribution in [1.29, 1.82) is 0 Å². The van der Waals surface area contributed by atoms with Crippen molar-refractivity contribution in [1.82, 2.24) is 0 Å². The summed E-state index contributed by atoms with van der Waals surface area (Å²) in [6, 6.07) is 0.509. The van der Waals surface area contributed by atoms with E-state index in [1.165, 1.54) is 25.7 Å². The summed E-state index contributed by atoms with van der Waals surface area (Å²) in [5.74, 6) is 1.65. The van der Waals surface area contributed by atoms with E-state index in [0.29, 0.717) is 6.04 Å². The zero-order valence-corrected chi connectivity index (χ0v) is 7.14. The van der Waals surface area contributed by atoms with Gasteiger partial charge in [0.05, 0.1) is 0 Å². The van der Waals surface area contributed by atoms with E-state index in [2.05, 4.69) is 13.8 Å². The van der Waals surface area contributed by atoms with Crippen molar-refractivity contribution in [3.63, 3.8) is 0 Å². The van der Waals surface area contributed by atoms with Gasteiger partial charge in [-0.05, 0) is 24.7 Å². The van der Waals surface area contributed by atoms with Crippen molar-refractivity contribution >= 4 is 0 Å². The summed E-state index contributed by atoms with van der Waals surface area (Å²) in [7, 11) is 0. The van der Waals surface area contributed by atoms with E-state index in [1.54, 1.807) is 0 Å². The second-order valence-electron chi connectivity index (χ2n) is 3.49. The molecule has 1 nitrogen and oxygen atoms in total. The molecule has 1 fully saturated rings. The third kappa shape index (κ3) is 1.34. The van der Waals surface area contributed by atoms with Crippen molar-refractivity contribution in [2.24, 2.45) is 17.6 Å². The molecule has 0 bridgehead atoms. The summed E-state index contributed by atoms with van der Waals surface area (Å²) in [5, 5.41) is 0. The highest BCUT2D eigenvalue weighted by Crippen LogP contribution is 2.33. The topological polar surface area (TPSA) is 26.0 Å². The smallest absolute Gasteiger partial charge is 0.00954 e. The van der Waals surface area contributed by atoms with Gasteiger partial charge in [0, 0.05) is 6.04 Å². The van der Waals surface area contributed by atoms with Gasteiger partial charge in [0.2, 0.25) is 0 Å². The van der Waals surface area contributed by atoms with Gasteiger partial charge in [0.1, 0.15) is 0 Å². The molecule has 60 valence electrons. The molecule has 10 heavy (non-hydrogen) atoms. The summed E-state index contributed by atoms with van der Waals surface area (Å²) >= 11 is 0. The summed E-state index contributed by atoms with van der Waals surface area (Å²) in [5.41, 5.74) is 6.04. The molecular formula is C9H19N. The van der Waals surface area contributed by atoms with Crippen molar-refractivity contribution in [3.8, 4) is 0 Å². The standard InChI is InChI=1S/C9H19N/c1-3-7-5-6-8(4-2)9(7)10/h7-9H,3-6,10H2,1-2H3. The lowest BCUT2D eigenvalue weighted by Gasteiger charge is -2.17. The Morgan fingerprint density at radius 1 is 1.10 bits per heavy atom. The fourth-order valence-electron chi connectivity index (χ4n) is 2.15. The summed E-state index contributed by atoms with van der Waals surface area (Å²) in [6.07, 6.45) is 5.29. The van der Waals surface area contributed by atoms with Crippen LogP contribution in [0, 0.1) is 11.8 Å². The number of rotatable bonds is 2. The Morgan fingerprint density at radius 2 is 1.50 bits per heavy atom. The molecule has 0 aromatic heterocycles. The second kappa shape index (κ2) is 3.38. The van der Waals surface area contributed by atoms with Crippen molar-refractivity contribution in [3.05, 3.63) is 0 Å². The Bertz CT molecular complexity index is 88.9. The van der Waals surface area contributed by atoms with Crippen LogP contribution in [-0.2, 0) is 0 Å². The van der Waals surface area contributed by atoms with E-state index in [9.17, 15) is 0 Å². The lowest BCUT2D eigenvalue weighted by molar-refractivity contribution is 0.393. The SMILES string of the molecule is CCC1CCC(CC)C1N. The van der Waals surface area contributed by atoms with Gasteiger partial charge in [-0.15, -0.1) is 0 Å². The molecule has 1 saturated carbocycles. The van der Waals surface area contributed by atoms with Crippen molar-refractivity contribution < 1.29 is 0 Å². The molecule has 0 saturated heterocycles. The minimum atomic E-state index is 0.509. The normalized spacial score (nSPS) is 40.5. The highest BCUT2D eigenvalue weighted by molar-refractivity contribution is 4.85. The van der Waals surface area contributed by atoms with Gasteiger partial charge in [-0.1, -0.05) is 26.7 Å². The van der Waals surface area contributed by atoms with Gasteiger partial charge >= 0.3 is 0 Å². The lowest BCUT2D eigenvalue weighted by Crippen LogP contribution is -2.30. The lowest BCUT2D eigenvalue weighted by atomic mass is 9.95. The van der Waals surface area contributed by atoms with Gasteiger partial charge < -0.3 is 5.73 Å². The summed E-state index contributed by atoms with van der Waals surface area (Å²) in [4.78, 5) is 0. The van der Waals surface area contributed by atoms with Gasteiger partial charge in [-0.2, -0.15) is 0 Å². The van der Waals surface area contributed by atoms with Gasteiger partial charge in [0.25, 0.3) is 0 Å².